The number of nitrogens with zero attached hydrogens (tertiary/aromatic N) is 1. The number of methoxy groups -OCH3 is 1. The Kier molecular flexibility index (Phi) is 7.90. The van der Waals surface area contributed by atoms with Gasteiger partial charge in [0.15, 0.2) is 0 Å². The molecule has 1 N–H and O–H groups in total. The van der Waals surface area contributed by atoms with E-state index in [1.165, 1.54) is 0 Å². The second kappa shape index (κ2) is 8.89. The first-order chi connectivity index (χ1) is 9.10. The first-order valence-electron chi connectivity index (χ1n) is 7.31. The summed E-state index contributed by atoms with van der Waals surface area (Å²) in [7, 11) is -1.44. The molecule has 1 unspecified atom stereocenters. The van der Waals surface area contributed by atoms with Gasteiger partial charge in [0.05, 0.1) is 11.9 Å². The standard InChI is InChI=1S/C13H28N2O3S/c1-3-8-14-9-4-5-11-19(16,17)15-10-6-7-13(12-15)18-2/h13-14H,3-12H2,1-2H3. The van der Waals surface area contributed by atoms with Gasteiger partial charge in [0.25, 0.3) is 0 Å². The van der Waals surface area contributed by atoms with Crippen molar-refractivity contribution in [3.05, 3.63) is 0 Å². The number of nitrogens with one attached hydrogen (secondary N) is 1. The zero-order valence-corrected chi connectivity index (χ0v) is 13.0. The minimum Gasteiger partial charge on any atom is -0.380 e. The average molecular weight is 292 g/mol. The van der Waals surface area contributed by atoms with Crippen LogP contribution in [0.2, 0.25) is 0 Å². The topological polar surface area (TPSA) is 58.6 Å². The molecule has 0 amide bonds. The molecule has 114 valence electrons. The predicted octanol–water partition coefficient (Wildman–Crippen LogP) is 1.21. The average Bonchev–Trinajstić information content (AvgIpc) is 2.43. The van der Waals surface area contributed by atoms with Crippen LogP contribution in [0.15, 0.2) is 0 Å². The highest BCUT2D eigenvalue weighted by Gasteiger charge is 2.28. The van der Waals surface area contributed by atoms with E-state index in [9.17, 15) is 8.42 Å². The van der Waals surface area contributed by atoms with Gasteiger partial charge in [0.1, 0.15) is 0 Å². The third-order valence-corrected chi connectivity index (χ3v) is 5.42. The minimum atomic E-state index is -3.09. The molecule has 1 aliphatic heterocycles. The molecule has 0 bridgehead atoms. The Morgan fingerprint density at radius 3 is 2.79 bits per heavy atom. The van der Waals surface area contributed by atoms with Crippen molar-refractivity contribution in [1.29, 1.82) is 0 Å². The van der Waals surface area contributed by atoms with Gasteiger partial charge in [0.2, 0.25) is 10.0 Å². The van der Waals surface area contributed by atoms with Crippen LogP contribution in [0, 0.1) is 0 Å². The molecule has 0 saturated carbocycles. The molecule has 1 saturated heterocycles. The summed E-state index contributed by atoms with van der Waals surface area (Å²) in [6, 6.07) is 0. The molecule has 19 heavy (non-hydrogen) atoms. The van der Waals surface area contributed by atoms with Crippen LogP contribution in [0.5, 0.6) is 0 Å². The minimum absolute atomic E-state index is 0.0646. The van der Waals surface area contributed by atoms with E-state index in [0.717, 1.165) is 45.2 Å². The SMILES string of the molecule is CCCNCCCCS(=O)(=O)N1CCCC(OC)C1. The summed E-state index contributed by atoms with van der Waals surface area (Å²) in [6.45, 7) is 5.21. The molecule has 1 rings (SSSR count). The normalized spacial score (nSPS) is 21.7. The smallest absolute Gasteiger partial charge is 0.214 e. The fraction of sp³-hybridized carbons (Fsp3) is 1.00. The van der Waals surface area contributed by atoms with Gasteiger partial charge >= 0.3 is 0 Å². The molecule has 0 spiro atoms. The number of unbranched alkanes of at least 4 members (excludes halogenated alkanes) is 1. The first-order valence-corrected chi connectivity index (χ1v) is 8.92. The van der Waals surface area contributed by atoms with Gasteiger partial charge in [-0.3, -0.25) is 0 Å². The van der Waals surface area contributed by atoms with Crippen molar-refractivity contribution in [2.45, 2.75) is 45.1 Å². The molecule has 1 aliphatic rings. The van der Waals surface area contributed by atoms with Crippen molar-refractivity contribution in [3.63, 3.8) is 0 Å². The maximum Gasteiger partial charge on any atom is 0.214 e. The molecule has 6 heteroatoms. The van der Waals surface area contributed by atoms with Crippen LogP contribution in [-0.4, -0.2) is 57.9 Å². The van der Waals surface area contributed by atoms with Crippen LogP contribution < -0.4 is 5.32 Å². The zero-order chi connectivity index (χ0) is 14.1. The number of ether oxygens (including phenoxy) is 1. The van der Waals surface area contributed by atoms with E-state index >= 15 is 0 Å². The van der Waals surface area contributed by atoms with E-state index < -0.39 is 10.0 Å². The summed E-state index contributed by atoms with van der Waals surface area (Å²) >= 11 is 0. The van der Waals surface area contributed by atoms with Crippen molar-refractivity contribution in [3.8, 4) is 0 Å². The molecule has 1 heterocycles. The Hall–Kier alpha value is -0.170. The van der Waals surface area contributed by atoms with E-state index in [1.807, 2.05) is 0 Å². The molecular weight excluding hydrogens is 264 g/mol. The van der Waals surface area contributed by atoms with E-state index in [0.29, 0.717) is 13.1 Å². The number of hydrogen-bond donors (Lipinski definition) is 1. The summed E-state index contributed by atoms with van der Waals surface area (Å²) in [5, 5.41) is 3.29. The Morgan fingerprint density at radius 2 is 2.11 bits per heavy atom. The summed E-state index contributed by atoms with van der Waals surface area (Å²) in [5.41, 5.74) is 0. The lowest BCUT2D eigenvalue weighted by Crippen LogP contribution is -2.43. The lowest BCUT2D eigenvalue weighted by Gasteiger charge is -2.31. The Balaban J connectivity index is 2.26. The molecule has 0 radical (unpaired) electrons. The Bertz CT molecular complexity index is 333. The molecule has 0 aromatic heterocycles. The molecular formula is C13H28N2O3S. The predicted molar refractivity (Wildman–Crippen MR) is 77.8 cm³/mol. The van der Waals surface area contributed by atoms with Crippen LogP contribution in [0.4, 0.5) is 0 Å². The van der Waals surface area contributed by atoms with Gasteiger partial charge in [-0.25, -0.2) is 8.42 Å². The highest BCUT2D eigenvalue weighted by atomic mass is 32.2. The third-order valence-electron chi connectivity index (χ3n) is 3.50. The molecule has 5 nitrogen and oxygen atoms in total. The molecule has 1 atom stereocenters. The summed E-state index contributed by atoms with van der Waals surface area (Å²) in [6.07, 6.45) is 4.69. The summed E-state index contributed by atoms with van der Waals surface area (Å²) < 4.78 is 31.2. The van der Waals surface area contributed by atoms with Gasteiger partial charge in [-0.05, 0) is 45.2 Å². The van der Waals surface area contributed by atoms with Crippen molar-refractivity contribution in [2.75, 3.05) is 39.0 Å². The van der Waals surface area contributed by atoms with Crippen molar-refractivity contribution in [1.82, 2.24) is 9.62 Å². The fourth-order valence-electron chi connectivity index (χ4n) is 2.32. The van der Waals surface area contributed by atoms with Crippen LogP contribution in [0.25, 0.3) is 0 Å². The number of piperidine rings is 1. The molecule has 1 fully saturated rings. The molecule has 0 aromatic carbocycles. The van der Waals surface area contributed by atoms with Gasteiger partial charge in [-0.2, -0.15) is 4.31 Å². The van der Waals surface area contributed by atoms with E-state index in [4.69, 9.17) is 4.74 Å². The molecule has 0 aromatic rings. The fourth-order valence-corrected chi connectivity index (χ4v) is 3.94. The lowest BCUT2D eigenvalue weighted by atomic mass is 10.1. The zero-order valence-electron chi connectivity index (χ0n) is 12.2. The maximum absolute atomic E-state index is 12.2. The summed E-state index contributed by atoms with van der Waals surface area (Å²) in [4.78, 5) is 0. The van der Waals surface area contributed by atoms with Gasteiger partial charge in [-0.1, -0.05) is 6.92 Å². The quantitative estimate of drug-likeness (QED) is 0.649. The second-order valence-electron chi connectivity index (χ2n) is 5.13. The Morgan fingerprint density at radius 1 is 1.32 bits per heavy atom. The van der Waals surface area contributed by atoms with Gasteiger partial charge in [0, 0.05) is 20.2 Å². The van der Waals surface area contributed by atoms with Crippen LogP contribution in [0.1, 0.15) is 39.0 Å². The maximum atomic E-state index is 12.2. The van der Waals surface area contributed by atoms with Crippen LogP contribution in [-0.2, 0) is 14.8 Å². The highest BCUT2D eigenvalue weighted by Crippen LogP contribution is 2.16. The molecule has 0 aliphatic carbocycles. The monoisotopic (exact) mass is 292 g/mol. The van der Waals surface area contributed by atoms with Gasteiger partial charge < -0.3 is 10.1 Å². The van der Waals surface area contributed by atoms with E-state index in [-0.39, 0.29) is 11.9 Å². The van der Waals surface area contributed by atoms with Crippen LogP contribution >= 0.6 is 0 Å². The third kappa shape index (κ3) is 6.21. The highest BCUT2D eigenvalue weighted by molar-refractivity contribution is 7.89. The lowest BCUT2D eigenvalue weighted by molar-refractivity contribution is 0.0572. The van der Waals surface area contributed by atoms with Crippen LogP contribution in [0.3, 0.4) is 0 Å². The van der Waals surface area contributed by atoms with E-state index in [1.54, 1.807) is 11.4 Å². The number of rotatable bonds is 9. The van der Waals surface area contributed by atoms with Crippen molar-refractivity contribution >= 4 is 10.0 Å². The van der Waals surface area contributed by atoms with Crippen molar-refractivity contribution < 1.29 is 13.2 Å². The van der Waals surface area contributed by atoms with Gasteiger partial charge in [-0.15, -0.1) is 0 Å². The Labute approximate surface area is 117 Å². The second-order valence-corrected chi connectivity index (χ2v) is 7.22. The van der Waals surface area contributed by atoms with Crippen molar-refractivity contribution in [2.24, 2.45) is 0 Å². The number of sulfonamides is 1. The largest absolute Gasteiger partial charge is 0.380 e. The summed E-state index contributed by atoms with van der Waals surface area (Å²) in [5.74, 6) is 0.261. The van der Waals surface area contributed by atoms with E-state index in [2.05, 4.69) is 12.2 Å². The first kappa shape index (κ1) is 16.9. The number of hydrogen-bond acceptors (Lipinski definition) is 4.